The molecule has 2 heterocycles. The predicted molar refractivity (Wildman–Crippen MR) is 169 cm³/mol. The number of pyridine rings is 1. The molecule has 1 amide bonds. The van der Waals surface area contributed by atoms with Crippen LogP contribution >= 0.6 is 0 Å². The van der Waals surface area contributed by atoms with Crippen LogP contribution in [0.2, 0.25) is 0 Å². The average Bonchev–Trinajstić information content (AvgIpc) is 3.03. The molecule has 1 aliphatic heterocycles. The molecule has 1 aromatic heterocycles. The Morgan fingerprint density at radius 2 is 1.58 bits per heavy atom. The Morgan fingerprint density at radius 3 is 2.24 bits per heavy atom. The van der Waals surface area contributed by atoms with Gasteiger partial charge in [-0.05, 0) is 72.6 Å². The summed E-state index contributed by atoms with van der Waals surface area (Å²) in [6.45, 7) is 4.94. The summed E-state index contributed by atoms with van der Waals surface area (Å²) in [5.41, 5.74) is 3.13. The van der Waals surface area contributed by atoms with Gasteiger partial charge >= 0.3 is 5.97 Å². The molecule has 0 saturated carbocycles. The number of hydrogen-bond acceptors (Lipinski definition) is 5. The summed E-state index contributed by atoms with van der Waals surface area (Å²) in [4.78, 5) is 41.6. The molecule has 8 nitrogen and oxygen atoms in total. The van der Waals surface area contributed by atoms with Crippen LogP contribution in [-0.2, 0) is 6.54 Å². The minimum atomic E-state index is -1.43. The van der Waals surface area contributed by atoms with Crippen molar-refractivity contribution in [3.8, 4) is 5.69 Å². The van der Waals surface area contributed by atoms with Crippen LogP contribution in [0.3, 0.4) is 0 Å². The topological polar surface area (TPSA) is 94.9 Å². The lowest BCUT2D eigenvalue weighted by Crippen LogP contribution is -2.46. The van der Waals surface area contributed by atoms with Crippen LogP contribution in [-0.4, -0.2) is 52.6 Å². The van der Waals surface area contributed by atoms with Crippen molar-refractivity contribution < 1.29 is 23.5 Å². The second-order valence-corrected chi connectivity index (χ2v) is 11.1. The number of piperazine rings is 1. The first kappa shape index (κ1) is 29.7. The van der Waals surface area contributed by atoms with E-state index in [-0.39, 0.29) is 11.3 Å². The third kappa shape index (κ3) is 6.18. The number of hydrogen-bond donors (Lipinski definition) is 2. The van der Waals surface area contributed by atoms with E-state index in [0.29, 0.717) is 55.2 Å². The van der Waals surface area contributed by atoms with Crippen molar-refractivity contribution in [2.75, 3.05) is 36.4 Å². The first-order valence-corrected chi connectivity index (χ1v) is 14.5. The molecule has 0 atom stereocenters. The highest BCUT2D eigenvalue weighted by molar-refractivity contribution is 6.04. The Kier molecular flexibility index (Phi) is 8.14. The molecular weight excluding hydrogens is 578 g/mol. The number of carboxylic acid groups (broad SMARTS) is 1. The molecular formula is C35H30F2N4O4. The summed E-state index contributed by atoms with van der Waals surface area (Å²) >= 11 is 0. The summed E-state index contributed by atoms with van der Waals surface area (Å²) in [5, 5.41) is 12.5. The Morgan fingerprint density at radius 1 is 0.889 bits per heavy atom. The molecule has 228 valence electrons. The van der Waals surface area contributed by atoms with Crippen LogP contribution in [0.25, 0.3) is 16.6 Å². The van der Waals surface area contributed by atoms with Gasteiger partial charge in [0.25, 0.3) is 5.91 Å². The number of rotatable bonds is 7. The smallest absolute Gasteiger partial charge is 0.341 e. The predicted octanol–water partition coefficient (Wildman–Crippen LogP) is 5.85. The van der Waals surface area contributed by atoms with E-state index in [9.17, 15) is 23.9 Å². The second kappa shape index (κ2) is 12.3. The van der Waals surface area contributed by atoms with Gasteiger partial charge < -0.3 is 19.9 Å². The molecule has 2 N–H and O–H groups in total. The minimum absolute atomic E-state index is 0.0739. The SMILES string of the molecule is Cc1ccccc1NC(=O)c1ccc(CN2CCN(c3cc4c(cc3F)c(=O)c(C(=O)O)cn4-c3ccc(F)cc3)CC2)cc1. The molecule has 10 heteroatoms. The molecule has 4 aromatic carbocycles. The van der Waals surface area contributed by atoms with Gasteiger partial charge in [-0.1, -0.05) is 30.3 Å². The first-order chi connectivity index (χ1) is 21.7. The highest BCUT2D eigenvalue weighted by Gasteiger charge is 2.23. The molecule has 1 aliphatic rings. The summed E-state index contributed by atoms with van der Waals surface area (Å²) in [6.07, 6.45) is 1.19. The fourth-order valence-electron chi connectivity index (χ4n) is 5.62. The van der Waals surface area contributed by atoms with E-state index < -0.39 is 28.6 Å². The van der Waals surface area contributed by atoms with Crippen molar-refractivity contribution in [3.05, 3.63) is 135 Å². The Hall–Kier alpha value is -5.35. The minimum Gasteiger partial charge on any atom is -0.477 e. The molecule has 1 fully saturated rings. The number of carboxylic acids is 1. The maximum absolute atomic E-state index is 15.5. The second-order valence-electron chi connectivity index (χ2n) is 11.1. The number of halogens is 2. The van der Waals surface area contributed by atoms with Gasteiger partial charge in [0.15, 0.2) is 0 Å². The van der Waals surface area contributed by atoms with E-state index >= 15 is 4.39 Å². The normalized spacial score (nSPS) is 13.6. The van der Waals surface area contributed by atoms with Crippen LogP contribution < -0.4 is 15.6 Å². The molecule has 6 rings (SSSR count). The maximum atomic E-state index is 15.5. The number of carbonyl (C=O) groups excluding carboxylic acids is 1. The monoisotopic (exact) mass is 608 g/mol. The fourth-order valence-corrected chi connectivity index (χ4v) is 5.62. The summed E-state index contributed by atoms with van der Waals surface area (Å²) < 4.78 is 30.6. The highest BCUT2D eigenvalue weighted by Crippen LogP contribution is 2.28. The Labute approximate surface area is 257 Å². The largest absolute Gasteiger partial charge is 0.477 e. The number of amides is 1. The molecule has 0 unspecified atom stereocenters. The van der Waals surface area contributed by atoms with Crippen molar-refractivity contribution in [3.63, 3.8) is 0 Å². The van der Waals surface area contributed by atoms with Gasteiger partial charge in [0.1, 0.15) is 17.2 Å². The molecule has 1 saturated heterocycles. The van der Waals surface area contributed by atoms with Gasteiger partial charge in [0, 0.05) is 61.2 Å². The van der Waals surface area contributed by atoms with Crippen molar-refractivity contribution in [2.45, 2.75) is 13.5 Å². The van der Waals surface area contributed by atoms with E-state index in [2.05, 4.69) is 10.2 Å². The van der Waals surface area contributed by atoms with E-state index in [1.165, 1.54) is 35.0 Å². The number of aromatic nitrogens is 1. The number of nitrogens with zero attached hydrogens (tertiary/aromatic N) is 3. The fraction of sp³-hybridized carbons (Fsp3) is 0.171. The number of aryl methyl sites for hydroxylation is 1. The lowest BCUT2D eigenvalue weighted by Gasteiger charge is -2.36. The summed E-state index contributed by atoms with van der Waals surface area (Å²) in [5.74, 6) is -2.70. The van der Waals surface area contributed by atoms with Gasteiger partial charge in [-0.25, -0.2) is 13.6 Å². The maximum Gasteiger partial charge on any atom is 0.341 e. The number of nitrogens with one attached hydrogen (secondary N) is 1. The van der Waals surface area contributed by atoms with E-state index in [0.717, 1.165) is 22.9 Å². The third-order valence-corrected chi connectivity index (χ3v) is 8.14. The van der Waals surface area contributed by atoms with Crippen LogP contribution in [0.5, 0.6) is 0 Å². The van der Waals surface area contributed by atoms with Crippen LogP contribution in [0.4, 0.5) is 20.2 Å². The first-order valence-electron chi connectivity index (χ1n) is 14.5. The van der Waals surface area contributed by atoms with E-state index in [1.54, 1.807) is 18.2 Å². The number of para-hydroxylation sites is 1. The number of aromatic carboxylic acids is 1. The molecule has 0 spiro atoms. The number of anilines is 2. The number of fused-ring (bicyclic) bond motifs is 1. The zero-order chi connectivity index (χ0) is 31.7. The zero-order valence-corrected chi connectivity index (χ0v) is 24.5. The number of carbonyl (C=O) groups is 2. The lowest BCUT2D eigenvalue weighted by molar-refractivity contribution is 0.0694. The molecule has 0 aliphatic carbocycles. The van der Waals surface area contributed by atoms with Crippen LogP contribution in [0.15, 0.2) is 95.9 Å². The Balaban J connectivity index is 1.17. The van der Waals surface area contributed by atoms with Gasteiger partial charge in [-0.2, -0.15) is 0 Å². The van der Waals surface area contributed by atoms with Gasteiger partial charge in [-0.3, -0.25) is 14.5 Å². The van der Waals surface area contributed by atoms with Crippen molar-refractivity contribution >= 4 is 34.2 Å². The summed E-state index contributed by atoms with van der Waals surface area (Å²) in [7, 11) is 0. The standard InChI is InChI=1S/C35H30F2N4O4/c1-22-4-2-3-5-30(22)38-34(43)24-8-6-23(7-9-24)20-39-14-16-40(17-15-39)32-19-31-27(18-29(32)37)33(42)28(35(44)45)21-41(31)26-12-10-25(36)11-13-26/h2-13,18-19,21H,14-17,20H2,1H3,(H,38,43)(H,44,45). The highest BCUT2D eigenvalue weighted by atomic mass is 19.1. The van der Waals surface area contributed by atoms with Gasteiger partial charge in [0.05, 0.1) is 11.2 Å². The lowest BCUT2D eigenvalue weighted by atomic mass is 10.1. The van der Waals surface area contributed by atoms with Gasteiger partial charge in [-0.15, -0.1) is 0 Å². The van der Waals surface area contributed by atoms with Crippen LogP contribution in [0.1, 0.15) is 31.8 Å². The average molecular weight is 609 g/mol. The zero-order valence-electron chi connectivity index (χ0n) is 24.5. The molecule has 0 radical (unpaired) electrons. The molecule has 0 bridgehead atoms. The van der Waals surface area contributed by atoms with E-state index in [4.69, 9.17) is 0 Å². The van der Waals surface area contributed by atoms with Crippen molar-refractivity contribution in [2.24, 2.45) is 0 Å². The third-order valence-electron chi connectivity index (χ3n) is 8.14. The Bertz CT molecular complexity index is 1970. The van der Waals surface area contributed by atoms with E-state index in [1.807, 2.05) is 48.2 Å². The summed E-state index contributed by atoms with van der Waals surface area (Å²) in [6, 6.07) is 23.1. The van der Waals surface area contributed by atoms with Crippen LogP contribution in [0, 0.1) is 18.6 Å². The molecule has 5 aromatic rings. The van der Waals surface area contributed by atoms with Crippen molar-refractivity contribution in [1.82, 2.24) is 9.47 Å². The van der Waals surface area contributed by atoms with Gasteiger partial charge in [0.2, 0.25) is 5.43 Å². The molecule has 45 heavy (non-hydrogen) atoms. The quantitative estimate of drug-likeness (QED) is 0.241. The van der Waals surface area contributed by atoms with Crippen molar-refractivity contribution in [1.29, 1.82) is 0 Å². The number of benzene rings is 4.